The molecule has 0 bridgehead atoms. The zero-order chi connectivity index (χ0) is 24.5. The van der Waals surface area contributed by atoms with Crippen molar-refractivity contribution in [3.05, 3.63) is 60.6 Å². The van der Waals surface area contributed by atoms with E-state index in [1.807, 2.05) is 49.5 Å². The molecule has 9 heteroatoms. The third kappa shape index (κ3) is 4.41. The molecule has 0 spiro atoms. The van der Waals surface area contributed by atoms with E-state index in [9.17, 15) is 14.7 Å². The minimum atomic E-state index is -1.11. The van der Waals surface area contributed by atoms with Crippen molar-refractivity contribution < 1.29 is 14.7 Å². The number of aromatic carboxylic acids is 1. The monoisotopic (exact) mass is 472 g/mol. The Labute approximate surface area is 203 Å². The Kier molecular flexibility index (Phi) is 6.07. The largest absolute Gasteiger partial charge is 0.477 e. The molecule has 0 atom stereocenters. The fourth-order valence-corrected chi connectivity index (χ4v) is 4.74. The van der Waals surface area contributed by atoms with Gasteiger partial charge in [0.25, 0.3) is 0 Å². The predicted octanol–water partition coefficient (Wildman–Crippen LogP) is 4.46. The number of aromatic nitrogens is 5. The van der Waals surface area contributed by atoms with E-state index in [4.69, 9.17) is 0 Å². The third-order valence-electron chi connectivity index (χ3n) is 6.79. The average molecular weight is 473 g/mol. The van der Waals surface area contributed by atoms with Crippen molar-refractivity contribution in [3.8, 4) is 16.9 Å². The molecule has 35 heavy (non-hydrogen) atoms. The number of amides is 1. The topological polar surface area (TPSA) is 106 Å². The molecule has 0 unspecified atom stereocenters. The van der Waals surface area contributed by atoms with Crippen LogP contribution in [-0.2, 0) is 4.79 Å². The summed E-state index contributed by atoms with van der Waals surface area (Å²) in [7, 11) is 0. The van der Waals surface area contributed by atoms with Gasteiger partial charge in [-0.15, -0.1) is 5.10 Å². The highest BCUT2D eigenvalue weighted by Crippen LogP contribution is 2.32. The Balaban J connectivity index is 1.43. The number of benzene rings is 1. The van der Waals surface area contributed by atoms with Crippen LogP contribution in [0.15, 0.2) is 55.0 Å². The number of carboxylic acid groups (broad SMARTS) is 1. The van der Waals surface area contributed by atoms with Gasteiger partial charge in [0.05, 0.1) is 11.4 Å². The second kappa shape index (κ2) is 9.32. The average Bonchev–Trinajstić information content (AvgIpc) is 3.50. The molecule has 1 saturated carbocycles. The van der Waals surface area contributed by atoms with Crippen molar-refractivity contribution in [2.24, 2.45) is 11.8 Å². The molecule has 0 saturated heterocycles. The van der Waals surface area contributed by atoms with Crippen molar-refractivity contribution >= 4 is 23.3 Å². The van der Waals surface area contributed by atoms with E-state index in [2.05, 4.69) is 22.1 Å². The number of anilines is 1. The molecule has 4 aromatic rings. The number of hydrogen-bond donors (Lipinski definition) is 1. The quantitative estimate of drug-likeness (QED) is 0.444. The van der Waals surface area contributed by atoms with Gasteiger partial charge in [0, 0.05) is 42.7 Å². The van der Waals surface area contributed by atoms with E-state index in [0.717, 1.165) is 42.6 Å². The lowest BCUT2D eigenvalue weighted by Gasteiger charge is -2.29. The zero-order valence-electron chi connectivity index (χ0n) is 19.8. The Morgan fingerprint density at radius 3 is 2.51 bits per heavy atom. The first-order valence-corrected chi connectivity index (χ1v) is 12.0. The van der Waals surface area contributed by atoms with Crippen LogP contribution in [0.2, 0.25) is 0 Å². The van der Waals surface area contributed by atoms with Crippen LogP contribution in [-0.4, -0.2) is 47.9 Å². The standard InChI is InChI=1S/C26H28N6O3/c1-3-30(25(33)19-7-5-17(2)6-8-19)24-21(26(34)35)16-32(29-24)20-11-9-18(10-12-20)22-15-23-27-13-4-14-31(23)28-22/h4,9-17,19H,3,5-8H2,1-2H3,(H,34,35)/t17-,19-. The number of carbonyl (C=O) groups excluding carboxylic acids is 1. The van der Waals surface area contributed by atoms with Crippen molar-refractivity contribution in [2.45, 2.75) is 39.5 Å². The van der Waals surface area contributed by atoms with Crippen LogP contribution in [0.25, 0.3) is 22.6 Å². The first-order valence-electron chi connectivity index (χ1n) is 12.0. The minimum Gasteiger partial charge on any atom is -0.477 e. The van der Waals surface area contributed by atoms with E-state index in [1.54, 1.807) is 10.7 Å². The van der Waals surface area contributed by atoms with Gasteiger partial charge >= 0.3 is 5.97 Å². The highest BCUT2D eigenvalue weighted by atomic mass is 16.4. The van der Waals surface area contributed by atoms with Crippen molar-refractivity contribution in [1.29, 1.82) is 0 Å². The molecule has 5 rings (SSSR count). The minimum absolute atomic E-state index is 0.0138. The van der Waals surface area contributed by atoms with Gasteiger partial charge in [0.15, 0.2) is 11.5 Å². The van der Waals surface area contributed by atoms with E-state index in [0.29, 0.717) is 18.2 Å². The molecule has 3 aromatic heterocycles. The molecule has 9 nitrogen and oxygen atoms in total. The lowest BCUT2D eigenvalue weighted by Crippen LogP contribution is -2.38. The first kappa shape index (κ1) is 22.8. The maximum Gasteiger partial charge on any atom is 0.341 e. The van der Waals surface area contributed by atoms with Crippen molar-refractivity contribution in [1.82, 2.24) is 24.4 Å². The normalized spacial score (nSPS) is 18.0. The maximum absolute atomic E-state index is 13.3. The molecule has 1 fully saturated rings. The van der Waals surface area contributed by atoms with Crippen LogP contribution in [0.4, 0.5) is 5.82 Å². The van der Waals surface area contributed by atoms with Crippen LogP contribution >= 0.6 is 0 Å². The van der Waals surface area contributed by atoms with Gasteiger partial charge in [-0.1, -0.05) is 19.1 Å². The molecular weight excluding hydrogens is 444 g/mol. The fourth-order valence-electron chi connectivity index (χ4n) is 4.74. The van der Waals surface area contributed by atoms with E-state index < -0.39 is 5.97 Å². The number of carbonyl (C=O) groups is 2. The number of rotatable bonds is 6. The Morgan fingerprint density at radius 2 is 1.86 bits per heavy atom. The lowest BCUT2D eigenvalue weighted by atomic mass is 9.82. The van der Waals surface area contributed by atoms with Crippen molar-refractivity contribution in [2.75, 3.05) is 11.4 Å². The van der Waals surface area contributed by atoms with Gasteiger partial charge in [-0.2, -0.15) is 5.10 Å². The summed E-state index contributed by atoms with van der Waals surface area (Å²) >= 11 is 0. The third-order valence-corrected chi connectivity index (χ3v) is 6.79. The summed E-state index contributed by atoms with van der Waals surface area (Å²) in [5, 5.41) is 18.9. The second-order valence-electron chi connectivity index (χ2n) is 9.15. The summed E-state index contributed by atoms with van der Waals surface area (Å²) in [5.74, 6) is -0.412. The Hall–Kier alpha value is -4.01. The molecule has 0 radical (unpaired) electrons. The van der Waals surface area contributed by atoms with Gasteiger partial charge in [-0.25, -0.2) is 19.0 Å². The zero-order valence-corrected chi connectivity index (χ0v) is 19.8. The second-order valence-corrected chi connectivity index (χ2v) is 9.15. The van der Waals surface area contributed by atoms with Gasteiger partial charge in [0.2, 0.25) is 5.91 Å². The lowest BCUT2D eigenvalue weighted by molar-refractivity contribution is -0.123. The molecule has 1 aliphatic rings. The predicted molar refractivity (Wildman–Crippen MR) is 132 cm³/mol. The van der Waals surface area contributed by atoms with Gasteiger partial charge in [-0.3, -0.25) is 9.69 Å². The fraction of sp³-hybridized carbons (Fsp3) is 0.346. The molecule has 3 heterocycles. The first-order chi connectivity index (χ1) is 16.9. The molecular formula is C26H28N6O3. The summed E-state index contributed by atoms with van der Waals surface area (Å²) < 4.78 is 3.23. The molecule has 1 amide bonds. The summed E-state index contributed by atoms with van der Waals surface area (Å²) in [6.45, 7) is 4.43. The van der Waals surface area contributed by atoms with Gasteiger partial charge in [0.1, 0.15) is 5.56 Å². The summed E-state index contributed by atoms with van der Waals surface area (Å²) in [5.41, 5.74) is 3.15. The smallest absolute Gasteiger partial charge is 0.341 e. The van der Waals surface area contributed by atoms with Crippen LogP contribution in [0.3, 0.4) is 0 Å². The highest BCUT2D eigenvalue weighted by Gasteiger charge is 2.32. The molecule has 0 aliphatic heterocycles. The van der Waals surface area contributed by atoms with Crippen LogP contribution in [0.5, 0.6) is 0 Å². The Bertz CT molecular complexity index is 1330. The summed E-state index contributed by atoms with van der Waals surface area (Å²) in [6.07, 6.45) is 8.73. The van der Waals surface area contributed by atoms with E-state index in [-0.39, 0.29) is 23.2 Å². The van der Waals surface area contributed by atoms with E-state index >= 15 is 0 Å². The number of nitrogens with zero attached hydrogens (tertiary/aromatic N) is 6. The van der Waals surface area contributed by atoms with Gasteiger partial charge in [-0.05, 0) is 56.7 Å². The van der Waals surface area contributed by atoms with Crippen LogP contribution in [0.1, 0.15) is 49.9 Å². The van der Waals surface area contributed by atoms with Crippen LogP contribution < -0.4 is 4.90 Å². The van der Waals surface area contributed by atoms with Crippen LogP contribution in [0, 0.1) is 11.8 Å². The summed E-state index contributed by atoms with van der Waals surface area (Å²) in [6, 6.07) is 11.3. The SMILES string of the molecule is CCN(c1nn(-c2ccc(-c3cc4ncccn4n3)cc2)cc1C(=O)O)C(=O)[C@H]1CC[C@H](C)CC1. The summed E-state index contributed by atoms with van der Waals surface area (Å²) in [4.78, 5) is 31.2. The Morgan fingerprint density at radius 1 is 1.11 bits per heavy atom. The van der Waals surface area contributed by atoms with Gasteiger partial charge < -0.3 is 5.11 Å². The molecule has 1 aliphatic carbocycles. The number of hydrogen-bond acceptors (Lipinski definition) is 5. The number of carboxylic acids is 1. The van der Waals surface area contributed by atoms with E-state index in [1.165, 1.54) is 15.8 Å². The molecule has 1 N–H and O–H groups in total. The maximum atomic E-state index is 13.3. The highest BCUT2D eigenvalue weighted by molar-refractivity contribution is 6.01. The molecule has 180 valence electrons. The molecule has 1 aromatic carbocycles. The number of fused-ring (bicyclic) bond motifs is 1. The van der Waals surface area contributed by atoms with Crippen molar-refractivity contribution in [3.63, 3.8) is 0 Å².